The van der Waals surface area contributed by atoms with Crippen LogP contribution in [0.3, 0.4) is 0 Å². The lowest BCUT2D eigenvalue weighted by atomic mass is 10.3. The van der Waals surface area contributed by atoms with Crippen LogP contribution in [0.4, 0.5) is 0 Å². The molecular weight excluding hydrogens is 210 g/mol. The van der Waals surface area contributed by atoms with Crippen LogP contribution in [0.25, 0.3) is 0 Å². The van der Waals surface area contributed by atoms with Crippen molar-refractivity contribution in [3.63, 3.8) is 0 Å². The molecule has 0 spiro atoms. The number of rotatable bonds is 9. The molecule has 15 heavy (non-hydrogen) atoms. The number of hydrogen-bond donors (Lipinski definition) is 1. The largest absolute Gasteiger partial charge is 0.463 e. The minimum absolute atomic E-state index is 0.316. The zero-order valence-electron chi connectivity index (χ0n) is 9.25. The summed E-state index contributed by atoms with van der Waals surface area (Å²) in [7, 11) is 0. The topological polar surface area (TPSA) is 38.3 Å². The zero-order valence-corrected chi connectivity index (χ0v) is 10.1. The lowest BCUT2D eigenvalue weighted by Gasteiger charge is -2.06. The van der Waals surface area contributed by atoms with Crippen molar-refractivity contribution >= 4 is 17.7 Å². The van der Waals surface area contributed by atoms with Gasteiger partial charge in [0.1, 0.15) is 0 Å². The van der Waals surface area contributed by atoms with E-state index >= 15 is 0 Å². The number of ether oxygens (including phenoxy) is 1. The second-order valence-electron chi connectivity index (χ2n) is 2.86. The molecule has 86 valence electrons. The number of carbonyl (C=O) groups is 1. The van der Waals surface area contributed by atoms with Gasteiger partial charge in [0.05, 0.1) is 6.61 Å². The number of hydrogen-bond acceptors (Lipinski definition) is 4. The molecule has 4 heteroatoms. The Hall–Kier alpha value is -0.740. The molecule has 0 aromatic carbocycles. The molecule has 0 aliphatic heterocycles. The summed E-state index contributed by atoms with van der Waals surface area (Å²) in [5.74, 6) is 1.64. The first-order valence-electron chi connectivity index (χ1n) is 4.96. The Bertz CT molecular complexity index is 217. The Kier molecular flexibility index (Phi) is 9.32. The van der Waals surface area contributed by atoms with Crippen molar-refractivity contribution in [2.24, 2.45) is 0 Å². The van der Waals surface area contributed by atoms with E-state index in [4.69, 9.17) is 4.74 Å². The highest BCUT2D eigenvalue weighted by atomic mass is 32.2. The first kappa shape index (κ1) is 14.3. The maximum Gasteiger partial charge on any atom is 0.334 e. The van der Waals surface area contributed by atoms with E-state index in [-0.39, 0.29) is 5.97 Å². The molecule has 0 saturated heterocycles. The van der Waals surface area contributed by atoms with Crippen molar-refractivity contribution in [1.29, 1.82) is 0 Å². The zero-order chi connectivity index (χ0) is 11.5. The molecule has 0 fully saturated rings. The predicted octanol–water partition coefficient (Wildman–Crippen LogP) is 1.61. The Morgan fingerprint density at radius 3 is 2.93 bits per heavy atom. The van der Waals surface area contributed by atoms with E-state index in [2.05, 4.69) is 18.5 Å². The highest BCUT2D eigenvalue weighted by Gasteiger charge is 2.05. The minimum atomic E-state index is -0.316. The molecule has 0 saturated carbocycles. The van der Waals surface area contributed by atoms with E-state index < -0.39 is 0 Å². The Balaban J connectivity index is 3.38. The van der Waals surface area contributed by atoms with Crippen molar-refractivity contribution < 1.29 is 9.53 Å². The Morgan fingerprint density at radius 2 is 2.33 bits per heavy atom. The van der Waals surface area contributed by atoms with Crippen molar-refractivity contribution in [3.8, 4) is 0 Å². The fourth-order valence-corrected chi connectivity index (χ4v) is 1.48. The number of thioether (sulfide) groups is 1. The maximum atomic E-state index is 11.1. The van der Waals surface area contributed by atoms with Gasteiger partial charge in [-0.1, -0.05) is 12.7 Å². The van der Waals surface area contributed by atoms with Gasteiger partial charge >= 0.3 is 5.97 Å². The summed E-state index contributed by atoms with van der Waals surface area (Å²) in [5.41, 5.74) is 0.477. The second-order valence-corrected chi connectivity index (χ2v) is 4.01. The molecule has 0 aromatic rings. The van der Waals surface area contributed by atoms with Gasteiger partial charge in [0.2, 0.25) is 0 Å². The number of nitrogens with one attached hydrogen (secondary N) is 1. The van der Waals surface area contributed by atoms with Crippen LogP contribution >= 0.6 is 11.8 Å². The molecule has 0 bridgehead atoms. The Labute approximate surface area is 96.0 Å². The van der Waals surface area contributed by atoms with Gasteiger partial charge in [0, 0.05) is 30.2 Å². The van der Waals surface area contributed by atoms with Crippen molar-refractivity contribution in [3.05, 3.63) is 24.8 Å². The molecule has 1 N–H and O–H groups in total. The van der Waals surface area contributed by atoms with E-state index in [9.17, 15) is 4.79 Å². The van der Waals surface area contributed by atoms with Gasteiger partial charge in [-0.25, -0.2) is 4.79 Å². The second kappa shape index (κ2) is 9.80. The quantitative estimate of drug-likeness (QED) is 0.282. The smallest absolute Gasteiger partial charge is 0.334 e. The maximum absolute atomic E-state index is 11.1. The van der Waals surface area contributed by atoms with Crippen LogP contribution in [-0.4, -0.2) is 37.2 Å². The summed E-state index contributed by atoms with van der Waals surface area (Å²) < 4.78 is 4.80. The highest BCUT2D eigenvalue weighted by molar-refractivity contribution is 7.99. The third kappa shape index (κ3) is 8.27. The minimum Gasteiger partial charge on any atom is -0.463 e. The molecule has 0 unspecified atom stereocenters. The van der Waals surface area contributed by atoms with Gasteiger partial charge in [-0.15, -0.1) is 6.58 Å². The summed E-state index contributed by atoms with van der Waals surface area (Å²) >= 11 is 1.80. The normalized spacial score (nSPS) is 9.67. The van der Waals surface area contributed by atoms with Crippen LogP contribution in [0.5, 0.6) is 0 Å². The number of carbonyl (C=O) groups excluding carboxylic acids is 1. The van der Waals surface area contributed by atoms with Gasteiger partial charge in [-0.05, 0) is 6.92 Å². The predicted molar refractivity (Wildman–Crippen MR) is 66.2 cm³/mol. The lowest BCUT2D eigenvalue weighted by molar-refractivity contribution is -0.138. The number of esters is 1. The van der Waals surface area contributed by atoms with E-state index in [0.29, 0.717) is 18.7 Å². The highest BCUT2D eigenvalue weighted by Crippen LogP contribution is 1.98. The molecule has 0 radical (unpaired) electrons. The molecule has 0 rings (SSSR count). The van der Waals surface area contributed by atoms with Gasteiger partial charge in [0.25, 0.3) is 0 Å². The van der Waals surface area contributed by atoms with Crippen LogP contribution in [-0.2, 0) is 9.53 Å². The molecule has 0 atom stereocenters. The summed E-state index contributed by atoms with van der Waals surface area (Å²) in [4.78, 5) is 11.1. The average molecular weight is 229 g/mol. The first-order valence-corrected chi connectivity index (χ1v) is 6.12. The SMILES string of the molecule is C=CCSCCNCC(=C)C(=O)OCC. The van der Waals surface area contributed by atoms with Gasteiger partial charge < -0.3 is 10.1 Å². The van der Waals surface area contributed by atoms with Crippen LogP contribution in [0.1, 0.15) is 6.92 Å². The van der Waals surface area contributed by atoms with E-state index in [1.54, 1.807) is 18.7 Å². The summed E-state index contributed by atoms with van der Waals surface area (Å²) in [6.07, 6.45) is 1.88. The van der Waals surface area contributed by atoms with E-state index in [1.165, 1.54) is 0 Å². The third-order valence-electron chi connectivity index (χ3n) is 1.56. The first-order chi connectivity index (χ1) is 7.22. The third-order valence-corrected chi connectivity index (χ3v) is 2.53. The summed E-state index contributed by atoms with van der Waals surface area (Å²) in [6.45, 7) is 10.8. The standard InChI is InChI=1S/C11H19NO2S/c1-4-7-15-8-6-12-9-10(3)11(13)14-5-2/h4,12H,1,3,5-9H2,2H3. The van der Waals surface area contributed by atoms with Crippen LogP contribution in [0.15, 0.2) is 24.8 Å². The fourth-order valence-electron chi connectivity index (χ4n) is 0.856. The van der Waals surface area contributed by atoms with Crippen LogP contribution < -0.4 is 5.32 Å². The Morgan fingerprint density at radius 1 is 1.60 bits per heavy atom. The lowest BCUT2D eigenvalue weighted by Crippen LogP contribution is -2.23. The molecule has 3 nitrogen and oxygen atoms in total. The van der Waals surface area contributed by atoms with Crippen molar-refractivity contribution in [2.75, 3.05) is 31.2 Å². The van der Waals surface area contributed by atoms with Crippen LogP contribution in [0.2, 0.25) is 0 Å². The van der Waals surface area contributed by atoms with Gasteiger partial charge in [0.15, 0.2) is 0 Å². The van der Waals surface area contributed by atoms with E-state index in [1.807, 2.05) is 6.08 Å². The van der Waals surface area contributed by atoms with Crippen molar-refractivity contribution in [2.45, 2.75) is 6.92 Å². The molecule has 0 heterocycles. The monoisotopic (exact) mass is 229 g/mol. The molecule has 0 aromatic heterocycles. The molecule has 0 aliphatic carbocycles. The summed E-state index contributed by atoms with van der Waals surface area (Å²) in [6, 6.07) is 0. The molecule has 0 aliphatic rings. The molecular formula is C11H19NO2S. The molecule has 0 amide bonds. The van der Waals surface area contributed by atoms with Crippen LogP contribution in [0, 0.1) is 0 Å². The van der Waals surface area contributed by atoms with Gasteiger partial charge in [-0.3, -0.25) is 0 Å². The van der Waals surface area contributed by atoms with E-state index in [0.717, 1.165) is 18.1 Å². The van der Waals surface area contributed by atoms with Gasteiger partial charge in [-0.2, -0.15) is 11.8 Å². The average Bonchev–Trinajstić information content (AvgIpc) is 2.23. The van der Waals surface area contributed by atoms with Crippen molar-refractivity contribution in [1.82, 2.24) is 5.32 Å². The fraction of sp³-hybridized carbons (Fsp3) is 0.545. The summed E-state index contributed by atoms with van der Waals surface area (Å²) in [5, 5.41) is 3.13.